The van der Waals surface area contributed by atoms with Crippen molar-refractivity contribution in [3.63, 3.8) is 0 Å². The summed E-state index contributed by atoms with van der Waals surface area (Å²) in [5.41, 5.74) is 4.61. The van der Waals surface area contributed by atoms with Crippen LogP contribution in [-0.4, -0.2) is 68.5 Å². The maximum Gasteiger partial charge on any atom is 0.253 e. The van der Waals surface area contributed by atoms with E-state index in [-0.39, 0.29) is 11.9 Å². The Bertz CT molecular complexity index is 1210. The minimum atomic E-state index is -0.0846. The molecule has 1 N–H and O–H groups in total. The largest absolute Gasteiger partial charge is 0.497 e. The molecular formula is C28H33N3O5. The van der Waals surface area contributed by atoms with Gasteiger partial charge in [0.15, 0.2) is 11.5 Å². The van der Waals surface area contributed by atoms with Gasteiger partial charge in [-0.1, -0.05) is 12.1 Å². The second-order valence-corrected chi connectivity index (χ2v) is 9.10. The molecule has 0 saturated carbocycles. The van der Waals surface area contributed by atoms with Crippen LogP contribution in [0.3, 0.4) is 0 Å². The maximum atomic E-state index is 13.4. The van der Waals surface area contributed by atoms with Gasteiger partial charge in [0, 0.05) is 42.8 Å². The zero-order chi connectivity index (χ0) is 25.1. The quantitative estimate of drug-likeness (QED) is 0.544. The molecule has 8 nitrogen and oxygen atoms in total. The molecular weight excluding hydrogens is 458 g/mol. The van der Waals surface area contributed by atoms with E-state index in [1.807, 2.05) is 50.2 Å². The molecule has 190 valence electrons. The van der Waals surface area contributed by atoms with Gasteiger partial charge >= 0.3 is 0 Å². The molecule has 0 aliphatic carbocycles. The Morgan fingerprint density at radius 3 is 2.42 bits per heavy atom. The van der Waals surface area contributed by atoms with E-state index in [1.165, 1.54) is 0 Å². The van der Waals surface area contributed by atoms with E-state index in [9.17, 15) is 4.79 Å². The molecule has 0 radical (unpaired) electrons. The normalized spacial score (nSPS) is 16.4. The third kappa shape index (κ3) is 4.92. The van der Waals surface area contributed by atoms with Crippen LogP contribution in [0.4, 0.5) is 0 Å². The van der Waals surface area contributed by atoms with E-state index in [0.29, 0.717) is 38.5 Å². The van der Waals surface area contributed by atoms with E-state index in [2.05, 4.69) is 26.9 Å². The maximum absolute atomic E-state index is 13.4. The number of aryl methyl sites for hydroxylation is 1. The number of rotatable bonds is 7. The van der Waals surface area contributed by atoms with Gasteiger partial charge in [0.2, 0.25) is 0 Å². The number of ether oxygens (including phenoxy) is 4. The predicted octanol–water partition coefficient (Wildman–Crippen LogP) is 3.68. The van der Waals surface area contributed by atoms with E-state index in [4.69, 9.17) is 18.9 Å². The Kier molecular flexibility index (Phi) is 7.16. The first kappa shape index (κ1) is 24.2. The number of morpholine rings is 1. The Hall–Kier alpha value is -3.49. The van der Waals surface area contributed by atoms with Gasteiger partial charge in [-0.25, -0.2) is 0 Å². The molecule has 1 aromatic heterocycles. The van der Waals surface area contributed by atoms with Gasteiger partial charge in [-0.15, -0.1) is 0 Å². The molecule has 0 bridgehead atoms. The van der Waals surface area contributed by atoms with Crippen LogP contribution in [-0.2, 0) is 4.74 Å². The van der Waals surface area contributed by atoms with Crippen LogP contribution in [0.15, 0.2) is 48.5 Å². The summed E-state index contributed by atoms with van der Waals surface area (Å²) in [6.45, 7) is 8.60. The van der Waals surface area contributed by atoms with Crippen LogP contribution >= 0.6 is 0 Å². The van der Waals surface area contributed by atoms with Crippen molar-refractivity contribution < 1.29 is 23.7 Å². The number of aromatic nitrogens is 1. The molecule has 2 aliphatic rings. The molecule has 0 spiro atoms. The molecule has 8 heteroatoms. The van der Waals surface area contributed by atoms with Crippen molar-refractivity contribution in [2.45, 2.75) is 19.9 Å². The molecule has 36 heavy (non-hydrogen) atoms. The van der Waals surface area contributed by atoms with E-state index in [1.54, 1.807) is 7.11 Å². The molecule has 1 saturated heterocycles. The van der Waals surface area contributed by atoms with Crippen LogP contribution in [0.2, 0.25) is 0 Å². The van der Waals surface area contributed by atoms with Gasteiger partial charge in [-0.05, 0) is 49.7 Å². The van der Waals surface area contributed by atoms with E-state index in [0.717, 1.165) is 53.0 Å². The van der Waals surface area contributed by atoms with Gasteiger partial charge in [-0.3, -0.25) is 9.69 Å². The molecule has 1 amide bonds. The van der Waals surface area contributed by atoms with Crippen LogP contribution in [0.5, 0.6) is 17.2 Å². The standard InChI is InChI=1S/C28H33N3O5/c1-19-16-24(20(2)31(19)22-6-9-26-27(17-22)36-15-14-35-26)28(32)29-18-25(30-10-12-34-13-11-30)21-4-7-23(33-3)8-5-21/h4-9,16-17,25H,10-15,18H2,1-3H3,(H,29,32). The molecule has 2 aliphatic heterocycles. The highest BCUT2D eigenvalue weighted by Crippen LogP contribution is 2.33. The Morgan fingerprint density at radius 1 is 0.972 bits per heavy atom. The van der Waals surface area contributed by atoms with Crippen molar-refractivity contribution in [1.82, 2.24) is 14.8 Å². The number of nitrogens with zero attached hydrogens (tertiary/aromatic N) is 2. The fourth-order valence-corrected chi connectivity index (χ4v) is 5.02. The number of nitrogens with one attached hydrogen (secondary N) is 1. The Balaban J connectivity index is 1.35. The minimum absolute atomic E-state index is 0.0463. The first-order valence-electron chi connectivity index (χ1n) is 12.4. The smallest absolute Gasteiger partial charge is 0.253 e. The summed E-state index contributed by atoms with van der Waals surface area (Å²) in [6, 6.07) is 15.9. The summed E-state index contributed by atoms with van der Waals surface area (Å²) in [7, 11) is 1.66. The van der Waals surface area contributed by atoms with Crippen molar-refractivity contribution in [2.24, 2.45) is 0 Å². The lowest BCUT2D eigenvalue weighted by Crippen LogP contribution is -2.43. The summed E-state index contributed by atoms with van der Waals surface area (Å²) in [5.74, 6) is 2.21. The average molecular weight is 492 g/mol. The number of fused-ring (bicyclic) bond motifs is 1. The summed E-state index contributed by atoms with van der Waals surface area (Å²) in [6.07, 6.45) is 0. The number of hydrogen-bond donors (Lipinski definition) is 1. The highest BCUT2D eigenvalue weighted by atomic mass is 16.6. The number of hydrogen-bond acceptors (Lipinski definition) is 6. The number of carbonyl (C=O) groups is 1. The van der Waals surface area contributed by atoms with Crippen molar-refractivity contribution in [3.8, 4) is 22.9 Å². The summed E-state index contributed by atoms with van der Waals surface area (Å²) in [5, 5.41) is 3.20. The fourth-order valence-electron chi connectivity index (χ4n) is 5.02. The molecule has 2 aromatic carbocycles. The second kappa shape index (κ2) is 10.6. The lowest BCUT2D eigenvalue weighted by Gasteiger charge is -2.35. The first-order valence-corrected chi connectivity index (χ1v) is 12.4. The van der Waals surface area contributed by atoms with E-state index >= 15 is 0 Å². The number of amides is 1. The minimum Gasteiger partial charge on any atom is -0.497 e. The van der Waals surface area contributed by atoms with Crippen LogP contribution < -0.4 is 19.5 Å². The fraction of sp³-hybridized carbons (Fsp3) is 0.393. The van der Waals surface area contributed by atoms with Gasteiger partial charge in [-0.2, -0.15) is 0 Å². The van der Waals surface area contributed by atoms with Crippen molar-refractivity contribution in [3.05, 3.63) is 71.0 Å². The average Bonchev–Trinajstić information content (AvgIpc) is 3.23. The van der Waals surface area contributed by atoms with E-state index < -0.39 is 0 Å². The van der Waals surface area contributed by atoms with Crippen molar-refractivity contribution in [1.29, 1.82) is 0 Å². The topological polar surface area (TPSA) is 74.2 Å². The Labute approximate surface area is 211 Å². The molecule has 1 atom stereocenters. The molecule has 3 aromatic rings. The van der Waals surface area contributed by atoms with Gasteiger partial charge < -0.3 is 28.8 Å². The summed E-state index contributed by atoms with van der Waals surface area (Å²) < 4.78 is 24.4. The highest BCUT2D eigenvalue weighted by Gasteiger charge is 2.25. The monoisotopic (exact) mass is 491 g/mol. The molecule has 1 fully saturated rings. The van der Waals surface area contributed by atoms with Crippen molar-refractivity contribution in [2.75, 3.05) is 53.2 Å². The zero-order valence-electron chi connectivity index (χ0n) is 21.1. The van der Waals surface area contributed by atoms with Gasteiger partial charge in [0.05, 0.1) is 31.9 Å². The van der Waals surface area contributed by atoms with Crippen LogP contribution in [0, 0.1) is 13.8 Å². The second-order valence-electron chi connectivity index (χ2n) is 9.10. The molecule has 1 unspecified atom stereocenters. The van der Waals surface area contributed by atoms with Crippen molar-refractivity contribution >= 4 is 5.91 Å². The third-order valence-corrected chi connectivity index (χ3v) is 6.90. The van der Waals surface area contributed by atoms with Crippen LogP contribution in [0.1, 0.15) is 33.4 Å². The van der Waals surface area contributed by atoms with Gasteiger partial charge in [0.25, 0.3) is 5.91 Å². The number of carbonyl (C=O) groups excluding carboxylic acids is 1. The SMILES string of the molecule is COc1ccc(C(CNC(=O)c2cc(C)n(-c3ccc4c(c3)OCCO4)c2C)N2CCOCC2)cc1. The lowest BCUT2D eigenvalue weighted by atomic mass is 10.0. The summed E-state index contributed by atoms with van der Waals surface area (Å²) in [4.78, 5) is 15.7. The molecule has 5 rings (SSSR count). The zero-order valence-corrected chi connectivity index (χ0v) is 21.1. The lowest BCUT2D eigenvalue weighted by molar-refractivity contribution is 0.0162. The first-order chi connectivity index (χ1) is 17.5. The number of benzene rings is 2. The Morgan fingerprint density at radius 2 is 1.69 bits per heavy atom. The number of methoxy groups -OCH3 is 1. The third-order valence-electron chi connectivity index (χ3n) is 6.90. The van der Waals surface area contributed by atoms with Gasteiger partial charge in [0.1, 0.15) is 19.0 Å². The summed E-state index contributed by atoms with van der Waals surface area (Å²) >= 11 is 0. The predicted molar refractivity (Wildman–Crippen MR) is 137 cm³/mol. The highest BCUT2D eigenvalue weighted by molar-refractivity contribution is 5.96. The van der Waals surface area contributed by atoms with Crippen LogP contribution in [0.25, 0.3) is 5.69 Å². The molecule has 3 heterocycles.